The minimum absolute atomic E-state index is 0.192. The van der Waals surface area contributed by atoms with E-state index >= 15 is 0 Å². The zero-order valence-corrected chi connectivity index (χ0v) is 18.3. The summed E-state index contributed by atoms with van der Waals surface area (Å²) in [5.41, 5.74) is -0.980. The van der Waals surface area contributed by atoms with E-state index in [4.69, 9.17) is 25.8 Å². The predicted octanol–water partition coefficient (Wildman–Crippen LogP) is 4.43. The molecule has 2 aromatic rings. The van der Waals surface area contributed by atoms with Gasteiger partial charge in [0.25, 0.3) is 0 Å². The van der Waals surface area contributed by atoms with Crippen LogP contribution >= 0.6 is 22.9 Å². The van der Waals surface area contributed by atoms with Crippen molar-refractivity contribution in [2.45, 2.75) is 44.8 Å². The van der Waals surface area contributed by atoms with Crippen LogP contribution < -0.4 is 5.32 Å². The summed E-state index contributed by atoms with van der Waals surface area (Å²) in [6.45, 7) is 4.66. The molecule has 3 heterocycles. The van der Waals surface area contributed by atoms with Crippen molar-refractivity contribution in [1.82, 2.24) is 4.98 Å². The molecule has 0 aliphatic carbocycles. The summed E-state index contributed by atoms with van der Waals surface area (Å²) in [6.07, 6.45) is 0.892. The van der Waals surface area contributed by atoms with E-state index in [1.807, 2.05) is 30.5 Å². The predicted molar refractivity (Wildman–Crippen MR) is 113 cm³/mol. The molecule has 4 rings (SSSR count). The van der Waals surface area contributed by atoms with Crippen LogP contribution in [0.4, 0.5) is 10.8 Å². The summed E-state index contributed by atoms with van der Waals surface area (Å²) in [5.74, 6) is -1.09. The Balaban J connectivity index is 1.50. The van der Waals surface area contributed by atoms with Crippen LogP contribution in [0.5, 0.6) is 0 Å². The molecule has 2 fully saturated rings. The summed E-state index contributed by atoms with van der Waals surface area (Å²) in [7, 11) is 0. The van der Waals surface area contributed by atoms with Gasteiger partial charge in [0.15, 0.2) is 16.1 Å². The number of hydrogen-bond donors (Lipinski definition) is 1. The number of thiazole rings is 1. The number of hydrogen-bond acceptors (Lipinski definition) is 8. The molecule has 2 aliphatic rings. The number of esters is 2. The third-order valence-electron chi connectivity index (χ3n) is 5.40. The minimum Gasteiger partial charge on any atom is -0.459 e. The molecule has 0 radical (unpaired) electrons. The van der Waals surface area contributed by atoms with Crippen molar-refractivity contribution < 1.29 is 23.8 Å². The minimum atomic E-state index is -1.30. The first-order valence-electron chi connectivity index (χ1n) is 9.86. The van der Waals surface area contributed by atoms with Crippen LogP contribution in [0.15, 0.2) is 29.6 Å². The van der Waals surface area contributed by atoms with Crippen LogP contribution in [0.3, 0.4) is 0 Å². The zero-order chi connectivity index (χ0) is 21.4. The fraction of sp³-hybridized carbons (Fsp3) is 0.476. The molecule has 0 saturated carbocycles. The van der Waals surface area contributed by atoms with Gasteiger partial charge >= 0.3 is 11.9 Å². The molecule has 0 bridgehead atoms. The van der Waals surface area contributed by atoms with Gasteiger partial charge in [0.2, 0.25) is 0 Å². The van der Waals surface area contributed by atoms with Gasteiger partial charge in [-0.3, -0.25) is 9.59 Å². The third kappa shape index (κ3) is 3.79. The summed E-state index contributed by atoms with van der Waals surface area (Å²) in [6, 6.07) is 7.36. The summed E-state index contributed by atoms with van der Waals surface area (Å²) in [5, 5.41) is 6.21. The van der Waals surface area contributed by atoms with Crippen LogP contribution in [0, 0.1) is 5.41 Å². The maximum atomic E-state index is 12.8. The van der Waals surface area contributed by atoms with Gasteiger partial charge in [-0.2, -0.15) is 0 Å². The summed E-state index contributed by atoms with van der Waals surface area (Å²) < 4.78 is 16.6. The average molecular weight is 451 g/mol. The van der Waals surface area contributed by atoms with Crippen molar-refractivity contribution in [2.24, 2.45) is 5.41 Å². The van der Waals surface area contributed by atoms with Crippen molar-refractivity contribution in [1.29, 1.82) is 0 Å². The van der Waals surface area contributed by atoms with Gasteiger partial charge in [-0.25, -0.2) is 4.98 Å². The van der Waals surface area contributed by atoms with E-state index in [2.05, 4.69) is 10.3 Å². The highest BCUT2D eigenvalue weighted by Crippen LogP contribution is 2.52. The Bertz CT molecular complexity index is 966. The molecular weight excluding hydrogens is 428 g/mol. The molecule has 1 spiro atoms. The topological polar surface area (TPSA) is 86.8 Å². The summed E-state index contributed by atoms with van der Waals surface area (Å²) >= 11 is 7.57. The van der Waals surface area contributed by atoms with Gasteiger partial charge in [0.05, 0.1) is 23.0 Å². The lowest BCUT2D eigenvalue weighted by Crippen LogP contribution is -2.32. The van der Waals surface area contributed by atoms with E-state index in [9.17, 15) is 9.59 Å². The average Bonchev–Trinajstić information content (AvgIpc) is 3.36. The van der Waals surface area contributed by atoms with E-state index in [-0.39, 0.29) is 19.4 Å². The van der Waals surface area contributed by atoms with E-state index in [1.165, 1.54) is 11.3 Å². The molecule has 3 atom stereocenters. The number of cyclic esters (lactones) is 2. The zero-order valence-electron chi connectivity index (χ0n) is 16.8. The number of nitrogens with one attached hydrogen (secondary N) is 1. The molecule has 1 aromatic heterocycles. The Labute approximate surface area is 183 Å². The lowest BCUT2D eigenvalue weighted by atomic mass is 9.78. The molecule has 7 nitrogen and oxygen atoms in total. The van der Waals surface area contributed by atoms with Crippen LogP contribution in [0.25, 0.3) is 0 Å². The number of halogens is 1. The standard InChI is InChI=1S/C21H23ClN2O5S/c1-3-8-27-10-13-9-21(17(25)28-13)12-20(2,29-18(21)26)16-11-30-19(24-16)23-15-7-5-4-6-14(15)22/h4-7,11,13H,3,8-10,12H2,1-2H3,(H,23,24)/t13-,20-,21+/m0/s1. The first-order chi connectivity index (χ1) is 14.4. The smallest absolute Gasteiger partial charge is 0.324 e. The lowest BCUT2D eigenvalue weighted by Gasteiger charge is -2.20. The van der Waals surface area contributed by atoms with Crippen LogP contribution in [0.1, 0.15) is 38.8 Å². The maximum absolute atomic E-state index is 12.8. The molecule has 30 heavy (non-hydrogen) atoms. The van der Waals surface area contributed by atoms with Crippen molar-refractivity contribution in [3.8, 4) is 0 Å². The Morgan fingerprint density at radius 3 is 2.90 bits per heavy atom. The largest absolute Gasteiger partial charge is 0.459 e. The number of carbonyl (C=O) groups excluding carboxylic acids is 2. The quantitative estimate of drug-likeness (QED) is 0.379. The maximum Gasteiger partial charge on any atom is 0.324 e. The number of para-hydroxylation sites is 1. The van der Waals surface area contributed by atoms with Crippen LogP contribution in [-0.4, -0.2) is 36.2 Å². The van der Waals surface area contributed by atoms with Crippen molar-refractivity contribution in [3.63, 3.8) is 0 Å². The number of carbonyl (C=O) groups is 2. The molecule has 9 heteroatoms. The van der Waals surface area contributed by atoms with Gasteiger partial charge in [-0.05, 0) is 25.5 Å². The SMILES string of the molecule is CCCOC[C@@H]1C[C@@]2(C[C@@](C)(c3csc(Nc4ccccc4Cl)n3)OC2=O)C(=O)O1. The number of nitrogens with zero attached hydrogens (tertiary/aromatic N) is 1. The molecular formula is C21H23ClN2O5S. The number of anilines is 2. The van der Waals surface area contributed by atoms with Gasteiger partial charge in [-0.1, -0.05) is 30.7 Å². The number of ether oxygens (including phenoxy) is 3. The van der Waals surface area contributed by atoms with E-state index in [1.54, 1.807) is 13.0 Å². The first kappa shape index (κ1) is 21.1. The van der Waals surface area contributed by atoms with Crippen molar-refractivity contribution in [3.05, 3.63) is 40.4 Å². The number of aromatic nitrogens is 1. The lowest BCUT2D eigenvalue weighted by molar-refractivity contribution is -0.160. The highest BCUT2D eigenvalue weighted by molar-refractivity contribution is 7.13. The second kappa shape index (κ2) is 8.17. The van der Waals surface area contributed by atoms with Gasteiger partial charge in [-0.15, -0.1) is 11.3 Å². The molecule has 0 unspecified atom stereocenters. The molecule has 160 valence electrons. The molecule has 1 aromatic carbocycles. The van der Waals surface area contributed by atoms with Gasteiger partial charge in [0, 0.05) is 24.8 Å². The van der Waals surface area contributed by atoms with Crippen LogP contribution in [-0.2, 0) is 29.4 Å². The monoisotopic (exact) mass is 450 g/mol. The van der Waals surface area contributed by atoms with Gasteiger partial charge < -0.3 is 19.5 Å². The fourth-order valence-corrected chi connectivity index (χ4v) is 4.95. The first-order valence-corrected chi connectivity index (χ1v) is 11.1. The van der Waals surface area contributed by atoms with Crippen LogP contribution in [0.2, 0.25) is 5.02 Å². The molecule has 1 N–H and O–H groups in total. The Kier molecular flexibility index (Phi) is 5.74. The van der Waals surface area contributed by atoms with Crippen molar-refractivity contribution >= 4 is 45.7 Å². The Morgan fingerprint density at radius 2 is 2.13 bits per heavy atom. The summed E-state index contributed by atoms with van der Waals surface area (Å²) in [4.78, 5) is 30.0. The Morgan fingerprint density at radius 1 is 1.33 bits per heavy atom. The highest BCUT2D eigenvalue weighted by Gasteiger charge is 2.65. The van der Waals surface area contributed by atoms with E-state index in [0.717, 1.165) is 12.1 Å². The van der Waals surface area contributed by atoms with Gasteiger partial charge in [0.1, 0.15) is 6.10 Å². The normalized spacial score (nSPS) is 28.0. The van der Waals surface area contributed by atoms with E-state index < -0.39 is 29.1 Å². The van der Waals surface area contributed by atoms with Crippen molar-refractivity contribution in [2.75, 3.05) is 18.5 Å². The molecule has 2 aliphatic heterocycles. The second-order valence-corrected chi connectivity index (χ2v) is 9.09. The second-order valence-electron chi connectivity index (χ2n) is 7.83. The number of benzene rings is 1. The third-order valence-corrected chi connectivity index (χ3v) is 6.49. The fourth-order valence-electron chi connectivity index (χ4n) is 3.92. The molecule has 2 saturated heterocycles. The molecule has 0 amide bonds. The Hall–Kier alpha value is -2.16. The van der Waals surface area contributed by atoms with E-state index in [0.29, 0.717) is 22.5 Å². The number of rotatable bonds is 7. The highest BCUT2D eigenvalue weighted by atomic mass is 35.5.